The van der Waals surface area contributed by atoms with Crippen LogP contribution in [0.25, 0.3) is 33.7 Å². The van der Waals surface area contributed by atoms with Crippen LogP contribution in [-0.4, -0.2) is 16.1 Å². The highest BCUT2D eigenvalue weighted by molar-refractivity contribution is 9.10. The average molecular weight is 462 g/mol. The van der Waals surface area contributed by atoms with Crippen molar-refractivity contribution in [1.82, 2.24) is 4.98 Å². The molecule has 2 aromatic carbocycles. The van der Waals surface area contributed by atoms with Gasteiger partial charge in [-0.3, -0.25) is 0 Å². The Hall–Kier alpha value is -3.13. The van der Waals surface area contributed by atoms with Gasteiger partial charge in [-0.2, -0.15) is 13.2 Å². The van der Waals surface area contributed by atoms with E-state index in [0.717, 1.165) is 12.1 Å². The Morgan fingerprint density at radius 1 is 1.00 bits per heavy atom. The second kappa shape index (κ2) is 7.04. The van der Waals surface area contributed by atoms with Crippen molar-refractivity contribution in [1.29, 1.82) is 0 Å². The molecule has 0 unspecified atom stereocenters. The molecule has 4 nitrogen and oxygen atoms in total. The molecular weight excluding hydrogens is 451 g/mol. The number of fused-ring (bicyclic) bond motifs is 1. The number of aromatic nitrogens is 1. The molecule has 0 saturated carbocycles. The van der Waals surface area contributed by atoms with Crippen molar-refractivity contribution in [2.75, 3.05) is 0 Å². The Bertz CT molecular complexity index is 1250. The summed E-state index contributed by atoms with van der Waals surface area (Å²) < 4.78 is 45.3. The summed E-state index contributed by atoms with van der Waals surface area (Å²) in [5.41, 5.74) is 0.253. The zero-order valence-electron chi connectivity index (χ0n) is 14.5. The van der Waals surface area contributed by atoms with Crippen LogP contribution in [0, 0.1) is 0 Å². The summed E-state index contributed by atoms with van der Waals surface area (Å²) in [5.74, 6) is -0.646. The van der Waals surface area contributed by atoms with E-state index in [1.807, 2.05) is 0 Å². The Morgan fingerprint density at radius 2 is 1.76 bits per heavy atom. The third-order valence-corrected chi connectivity index (χ3v) is 4.83. The predicted octanol–water partition coefficient (Wildman–Crippen LogP) is 6.64. The largest absolute Gasteiger partial charge is 0.478 e. The van der Waals surface area contributed by atoms with E-state index in [9.17, 15) is 23.1 Å². The van der Waals surface area contributed by atoms with Crippen LogP contribution >= 0.6 is 15.9 Å². The maximum Gasteiger partial charge on any atom is 0.416 e. The number of nitrogens with zero attached hydrogens (tertiary/aromatic N) is 1. The fourth-order valence-corrected chi connectivity index (χ4v) is 3.34. The fraction of sp³-hybridized carbons (Fsp3) is 0.0476. The molecule has 0 atom stereocenters. The lowest BCUT2D eigenvalue weighted by Crippen LogP contribution is -2.04. The maximum atomic E-state index is 13.0. The molecule has 29 heavy (non-hydrogen) atoms. The number of alkyl halides is 3. The third-order valence-electron chi connectivity index (χ3n) is 4.33. The van der Waals surface area contributed by atoms with Gasteiger partial charge in [0, 0.05) is 15.4 Å². The first kappa shape index (κ1) is 19.2. The van der Waals surface area contributed by atoms with E-state index < -0.39 is 17.7 Å². The van der Waals surface area contributed by atoms with Crippen LogP contribution in [-0.2, 0) is 6.18 Å². The van der Waals surface area contributed by atoms with Crippen LogP contribution in [0.3, 0.4) is 0 Å². The van der Waals surface area contributed by atoms with Gasteiger partial charge in [-0.25, -0.2) is 9.78 Å². The molecule has 2 heterocycles. The fourth-order valence-electron chi connectivity index (χ4n) is 2.98. The summed E-state index contributed by atoms with van der Waals surface area (Å²) in [6, 6.07) is 14.3. The number of carboxylic acids is 1. The number of hydrogen-bond donors (Lipinski definition) is 1. The zero-order chi connectivity index (χ0) is 20.8. The summed E-state index contributed by atoms with van der Waals surface area (Å²) >= 11 is 3.31. The minimum Gasteiger partial charge on any atom is -0.478 e. The van der Waals surface area contributed by atoms with Gasteiger partial charge in [0.1, 0.15) is 11.5 Å². The van der Waals surface area contributed by atoms with Crippen LogP contribution in [0.1, 0.15) is 15.9 Å². The zero-order valence-corrected chi connectivity index (χ0v) is 16.1. The SMILES string of the molecule is O=C(O)c1cc(-c2ccc(-c3cccc(C(F)(F)F)c3)o2)nc2ccc(Br)cc12. The van der Waals surface area contributed by atoms with Crippen LogP contribution in [0.4, 0.5) is 13.2 Å². The van der Waals surface area contributed by atoms with Crippen molar-refractivity contribution >= 4 is 32.8 Å². The van der Waals surface area contributed by atoms with E-state index in [-0.39, 0.29) is 28.3 Å². The lowest BCUT2D eigenvalue weighted by molar-refractivity contribution is -0.137. The summed E-state index contributed by atoms with van der Waals surface area (Å²) in [7, 11) is 0. The topological polar surface area (TPSA) is 63.3 Å². The van der Waals surface area contributed by atoms with Gasteiger partial charge in [0.05, 0.1) is 16.6 Å². The minimum atomic E-state index is -4.46. The minimum absolute atomic E-state index is 0.0447. The van der Waals surface area contributed by atoms with E-state index in [4.69, 9.17) is 4.42 Å². The molecule has 0 amide bonds. The summed E-state index contributed by atoms with van der Waals surface area (Å²) in [6.45, 7) is 0. The number of furan rings is 1. The Kier molecular flexibility index (Phi) is 4.66. The normalized spacial score (nSPS) is 11.7. The van der Waals surface area contributed by atoms with Gasteiger partial charge >= 0.3 is 12.1 Å². The smallest absolute Gasteiger partial charge is 0.416 e. The summed E-state index contributed by atoms with van der Waals surface area (Å²) in [5, 5.41) is 10.0. The van der Waals surface area contributed by atoms with Gasteiger partial charge in [-0.1, -0.05) is 28.1 Å². The van der Waals surface area contributed by atoms with Gasteiger partial charge in [0.2, 0.25) is 0 Å². The molecular formula is C21H11BrF3NO3. The van der Waals surface area contributed by atoms with Crippen LogP contribution < -0.4 is 0 Å². The first-order chi connectivity index (χ1) is 13.7. The maximum absolute atomic E-state index is 13.0. The third kappa shape index (κ3) is 3.75. The molecule has 0 aliphatic carbocycles. The number of hydrogen-bond acceptors (Lipinski definition) is 3. The van der Waals surface area contributed by atoms with Crippen LogP contribution in [0.2, 0.25) is 0 Å². The Labute approximate surface area is 170 Å². The summed E-state index contributed by atoms with van der Waals surface area (Å²) in [6.07, 6.45) is -4.46. The Balaban J connectivity index is 1.80. The molecule has 146 valence electrons. The van der Waals surface area contributed by atoms with E-state index in [0.29, 0.717) is 15.4 Å². The number of benzene rings is 2. The highest BCUT2D eigenvalue weighted by atomic mass is 79.9. The second-order valence-electron chi connectivity index (χ2n) is 6.26. The van der Waals surface area contributed by atoms with Crippen LogP contribution in [0.15, 0.2) is 69.6 Å². The summed E-state index contributed by atoms with van der Waals surface area (Å²) in [4.78, 5) is 16.1. The average Bonchev–Trinajstić information content (AvgIpc) is 3.17. The van der Waals surface area contributed by atoms with Gasteiger partial charge < -0.3 is 9.52 Å². The molecule has 1 N–H and O–H groups in total. The number of rotatable bonds is 3. The van der Waals surface area contributed by atoms with E-state index in [2.05, 4.69) is 20.9 Å². The molecule has 8 heteroatoms. The predicted molar refractivity (Wildman–Crippen MR) is 105 cm³/mol. The number of pyridine rings is 1. The van der Waals surface area contributed by atoms with Gasteiger partial charge in [0.15, 0.2) is 5.76 Å². The molecule has 0 bridgehead atoms. The second-order valence-corrected chi connectivity index (χ2v) is 7.18. The lowest BCUT2D eigenvalue weighted by Gasteiger charge is -2.08. The highest BCUT2D eigenvalue weighted by Crippen LogP contribution is 2.34. The molecule has 0 radical (unpaired) electrons. The van der Waals surface area contributed by atoms with Crippen LogP contribution in [0.5, 0.6) is 0 Å². The van der Waals surface area contributed by atoms with Crippen molar-refractivity contribution in [2.24, 2.45) is 0 Å². The van der Waals surface area contributed by atoms with Crippen molar-refractivity contribution < 1.29 is 27.5 Å². The van der Waals surface area contributed by atoms with Crippen molar-refractivity contribution in [3.8, 4) is 22.8 Å². The van der Waals surface area contributed by atoms with E-state index >= 15 is 0 Å². The van der Waals surface area contributed by atoms with Gasteiger partial charge in [-0.05, 0) is 48.5 Å². The molecule has 2 aromatic heterocycles. The number of carbonyl (C=O) groups is 1. The first-order valence-corrected chi connectivity index (χ1v) is 9.13. The molecule has 0 spiro atoms. The van der Waals surface area contributed by atoms with Gasteiger partial charge in [0.25, 0.3) is 0 Å². The number of carboxylic acid groups (broad SMARTS) is 1. The number of aromatic carboxylic acids is 1. The molecule has 4 aromatic rings. The Morgan fingerprint density at radius 3 is 2.48 bits per heavy atom. The molecule has 0 saturated heterocycles. The standard InChI is InChI=1S/C21H11BrF3NO3/c22-13-4-5-16-14(9-13)15(20(27)28)10-17(26-16)19-7-6-18(29-19)11-2-1-3-12(8-11)21(23,24)25/h1-10H,(H,27,28). The molecule has 0 aliphatic heterocycles. The first-order valence-electron chi connectivity index (χ1n) is 8.34. The van der Waals surface area contributed by atoms with Crippen molar-refractivity contribution in [3.05, 3.63) is 76.3 Å². The van der Waals surface area contributed by atoms with Gasteiger partial charge in [-0.15, -0.1) is 0 Å². The quantitative estimate of drug-likeness (QED) is 0.371. The lowest BCUT2D eigenvalue weighted by atomic mass is 10.1. The van der Waals surface area contributed by atoms with E-state index in [1.54, 1.807) is 24.3 Å². The van der Waals surface area contributed by atoms with Crippen molar-refractivity contribution in [2.45, 2.75) is 6.18 Å². The molecule has 4 rings (SSSR count). The highest BCUT2D eigenvalue weighted by Gasteiger charge is 2.30. The molecule has 0 fully saturated rings. The van der Waals surface area contributed by atoms with Crippen molar-refractivity contribution in [3.63, 3.8) is 0 Å². The number of halogens is 4. The monoisotopic (exact) mass is 461 g/mol. The molecule has 0 aliphatic rings. The van der Waals surface area contributed by atoms with E-state index in [1.165, 1.54) is 24.3 Å².